The average molecular weight is 408 g/mol. The molecule has 0 saturated heterocycles. The standard InChI is InChI=1S/C25H33N3O2/c1-5-15-27(17-22(29)6-2)18-24-20(4)26-28(21-12-8-7-9-13-21)25(24)30-23-14-10-11-19(3)16-23/h7-14,16,22,29H,5-6,15,17-18H2,1-4H3. The van der Waals surface area contributed by atoms with E-state index in [0.29, 0.717) is 13.1 Å². The molecule has 0 spiro atoms. The molecule has 0 radical (unpaired) electrons. The zero-order valence-electron chi connectivity index (χ0n) is 18.5. The van der Waals surface area contributed by atoms with Crippen LogP contribution in [-0.2, 0) is 6.54 Å². The van der Waals surface area contributed by atoms with Crippen molar-refractivity contribution in [3.8, 4) is 17.3 Å². The van der Waals surface area contributed by atoms with Crippen LogP contribution in [0, 0.1) is 13.8 Å². The molecule has 0 aliphatic carbocycles. The van der Waals surface area contributed by atoms with Crippen LogP contribution in [-0.4, -0.2) is 39.0 Å². The highest BCUT2D eigenvalue weighted by Crippen LogP contribution is 2.32. The molecule has 1 N–H and O–H groups in total. The van der Waals surface area contributed by atoms with Crippen molar-refractivity contribution in [1.29, 1.82) is 0 Å². The maximum absolute atomic E-state index is 10.2. The summed E-state index contributed by atoms with van der Waals surface area (Å²) >= 11 is 0. The third-order valence-corrected chi connectivity index (χ3v) is 5.20. The molecular formula is C25H33N3O2. The topological polar surface area (TPSA) is 50.5 Å². The van der Waals surface area contributed by atoms with Gasteiger partial charge in [0.25, 0.3) is 0 Å². The van der Waals surface area contributed by atoms with Gasteiger partial charge in [-0.2, -0.15) is 5.10 Å². The molecule has 0 saturated carbocycles. The summed E-state index contributed by atoms with van der Waals surface area (Å²) in [6.07, 6.45) is 1.44. The number of nitrogens with zero attached hydrogens (tertiary/aromatic N) is 3. The number of aliphatic hydroxyl groups excluding tert-OH is 1. The van der Waals surface area contributed by atoms with Crippen molar-refractivity contribution in [1.82, 2.24) is 14.7 Å². The van der Waals surface area contributed by atoms with Crippen LogP contribution in [0.4, 0.5) is 0 Å². The van der Waals surface area contributed by atoms with Crippen molar-refractivity contribution in [2.45, 2.75) is 53.2 Å². The number of para-hydroxylation sites is 1. The van der Waals surface area contributed by atoms with E-state index < -0.39 is 0 Å². The largest absolute Gasteiger partial charge is 0.439 e. The van der Waals surface area contributed by atoms with Gasteiger partial charge in [-0.25, -0.2) is 4.68 Å². The minimum Gasteiger partial charge on any atom is -0.439 e. The van der Waals surface area contributed by atoms with Crippen molar-refractivity contribution in [2.75, 3.05) is 13.1 Å². The molecule has 0 fully saturated rings. The van der Waals surface area contributed by atoms with E-state index in [0.717, 1.165) is 53.5 Å². The molecule has 1 heterocycles. The van der Waals surface area contributed by atoms with Crippen LogP contribution in [0.3, 0.4) is 0 Å². The summed E-state index contributed by atoms with van der Waals surface area (Å²) in [4.78, 5) is 2.29. The van der Waals surface area contributed by atoms with Gasteiger partial charge in [-0.3, -0.25) is 4.90 Å². The van der Waals surface area contributed by atoms with E-state index in [1.807, 2.05) is 67.1 Å². The number of aryl methyl sites for hydroxylation is 2. The summed E-state index contributed by atoms with van der Waals surface area (Å²) in [6.45, 7) is 10.5. The summed E-state index contributed by atoms with van der Waals surface area (Å²) in [7, 11) is 0. The second kappa shape index (κ2) is 10.4. The lowest BCUT2D eigenvalue weighted by molar-refractivity contribution is 0.105. The van der Waals surface area contributed by atoms with E-state index >= 15 is 0 Å². The summed E-state index contributed by atoms with van der Waals surface area (Å²) in [5.74, 6) is 1.53. The fraction of sp³-hybridized carbons (Fsp3) is 0.400. The predicted molar refractivity (Wildman–Crippen MR) is 121 cm³/mol. The molecule has 5 heteroatoms. The van der Waals surface area contributed by atoms with Crippen molar-refractivity contribution < 1.29 is 9.84 Å². The lowest BCUT2D eigenvalue weighted by Crippen LogP contribution is -2.32. The average Bonchev–Trinajstić information content (AvgIpc) is 3.04. The van der Waals surface area contributed by atoms with Crippen molar-refractivity contribution in [2.24, 2.45) is 0 Å². The van der Waals surface area contributed by atoms with Gasteiger partial charge in [-0.05, 0) is 63.1 Å². The number of rotatable bonds is 10. The summed E-state index contributed by atoms with van der Waals surface area (Å²) in [5, 5.41) is 15.0. The molecule has 2 aromatic carbocycles. The lowest BCUT2D eigenvalue weighted by Gasteiger charge is -2.24. The van der Waals surface area contributed by atoms with Crippen LogP contribution in [0.2, 0.25) is 0 Å². The number of benzene rings is 2. The normalized spacial score (nSPS) is 12.3. The van der Waals surface area contributed by atoms with Crippen molar-refractivity contribution >= 4 is 0 Å². The Morgan fingerprint density at radius 2 is 1.83 bits per heavy atom. The molecule has 1 aromatic heterocycles. The van der Waals surface area contributed by atoms with Gasteiger partial charge in [0.2, 0.25) is 5.88 Å². The van der Waals surface area contributed by atoms with Crippen LogP contribution in [0.25, 0.3) is 5.69 Å². The van der Waals surface area contributed by atoms with Crippen LogP contribution >= 0.6 is 0 Å². The van der Waals surface area contributed by atoms with E-state index in [1.54, 1.807) is 0 Å². The zero-order valence-corrected chi connectivity index (χ0v) is 18.5. The SMILES string of the molecule is CCCN(Cc1c(C)nn(-c2ccccc2)c1Oc1cccc(C)c1)CC(O)CC. The summed E-state index contributed by atoms with van der Waals surface area (Å²) in [5.41, 5.74) is 4.10. The van der Waals surface area contributed by atoms with E-state index in [4.69, 9.17) is 9.84 Å². The molecule has 3 aromatic rings. The first kappa shape index (κ1) is 22.1. The molecule has 0 aliphatic heterocycles. The van der Waals surface area contributed by atoms with Crippen LogP contribution in [0.15, 0.2) is 54.6 Å². The lowest BCUT2D eigenvalue weighted by atomic mass is 10.2. The predicted octanol–water partition coefficient (Wildman–Crippen LogP) is 5.26. The molecule has 160 valence electrons. The van der Waals surface area contributed by atoms with Crippen LogP contribution in [0.1, 0.15) is 43.5 Å². The molecule has 0 bridgehead atoms. The minimum absolute atomic E-state index is 0.331. The Kier molecular flexibility index (Phi) is 7.66. The van der Waals surface area contributed by atoms with Gasteiger partial charge in [0.15, 0.2) is 0 Å². The molecule has 1 unspecified atom stereocenters. The molecular weight excluding hydrogens is 374 g/mol. The molecule has 0 amide bonds. The summed E-state index contributed by atoms with van der Waals surface area (Å²) < 4.78 is 8.30. The Balaban J connectivity index is 2.01. The first-order valence-electron chi connectivity index (χ1n) is 10.8. The van der Waals surface area contributed by atoms with E-state index in [9.17, 15) is 5.11 Å². The van der Waals surface area contributed by atoms with Crippen molar-refractivity contribution in [3.05, 3.63) is 71.4 Å². The van der Waals surface area contributed by atoms with Gasteiger partial charge in [-0.15, -0.1) is 0 Å². The maximum atomic E-state index is 10.2. The Bertz CT molecular complexity index is 937. The highest BCUT2D eigenvalue weighted by Gasteiger charge is 2.22. The number of aromatic nitrogens is 2. The minimum atomic E-state index is -0.331. The van der Waals surface area contributed by atoms with Gasteiger partial charge in [0.1, 0.15) is 5.75 Å². The first-order valence-corrected chi connectivity index (χ1v) is 10.8. The molecule has 3 rings (SSSR count). The Hall–Kier alpha value is -2.63. The Labute approximate surface area is 179 Å². The van der Waals surface area contributed by atoms with Crippen molar-refractivity contribution in [3.63, 3.8) is 0 Å². The third kappa shape index (κ3) is 5.49. The molecule has 5 nitrogen and oxygen atoms in total. The highest BCUT2D eigenvalue weighted by atomic mass is 16.5. The van der Waals surface area contributed by atoms with E-state index in [2.05, 4.69) is 24.8 Å². The fourth-order valence-corrected chi connectivity index (χ4v) is 3.56. The molecule has 1 atom stereocenters. The van der Waals surface area contributed by atoms with Crippen LogP contribution < -0.4 is 4.74 Å². The fourth-order valence-electron chi connectivity index (χ4n) is 3.56. The van der Waals surface area contributed by atoms with Gasteiger partial charge < -0.3 is 9.84 Å². The third-order valence-electron chi connectivity index (χ3n) is 5.20. The number of hydrogen-bond acceptors (Lipinski definition) is 4. The Morgan fingerprint density at radius 3 is 2.50 bits per heavy atom. The highest BCUT2D eigenvalue weighted by molar-refractivity contribution is 5.43. The van der Waals surface area contributed by atoms with Gasteiger partial charge in [-0.1, -0.05) is 44.2 Å². The molecule has 0 aliphatic rings. The quantitative estimate of drug-likeness (QED) is 0.498. The van der Waals surface area contributed by atoms with Gasteiger partial charge in [0, 0.05) is 13.1 Å². The monoisotopic (exact) mass is 407 g/mol. The first-order chi connectivity index (χ1) is 14.5. The number of ether oxygens (including phenoxy) is 1. The second-order valence-corrected chi connectivity index (χ2v) is 7.83. The summed E-state index contributed by atoms with van der Waals surface area (Å²) in [6, 6.07) is 18.1. The van der Waals surface area contributed by atoms with Crippen LogP contribution in [0.5, 0.6) is 11.6 Å². The van der Waals surface area contributed by atoms with E-state index in [-0.39, 0.29) is 6.10 Å². The van der Waals surface area contributed by atoms with E-state index in [1.165, 1.54) is 0 Å². The van der Waals surface area contributed by atoms with Gasteiger partial charge >= 0.3 is 0 Å². The maximum Gasteiger partial charge on any atom is 0.227 e. The Morgan fingerprint density at radius 1 is 1.07 bits per heavy atom. The number of aliphatic hydroxyl groups is 1. The second-order valence-electron chi connectivity index (χ2n) is 7.83. The molecule has 30 heavy (non-hydrogen) atoms. The smallest absolute Gasteiger partial charge is 0.227 e. The van der Waals surface area contributed by atoms with Gasteiger partial charge in [0.05, 0.1) is 23.0 Å². The zero-order chi connectivity index (χ0) is 21.5. The number of hydrogen-bond donors (Lipinski definition) is 1.